The van der Waals surface area contributed by atoms with Gasteiger partial charge in [0.1, 0.15) is 6.54 Å². The predicted octanol–water partition coefficient (Wildman–Crippen LogP) is 0.273. The Balaban J connectivity index is 2.03. The van der Waals surface area contributed by atoms with Crippen LogP contribution >= 0.6 is 0 Å². The van der Waals surface area contributed by atoms with E-state index in [-0.39, 0.29) is 6.54 Å². The molecule has 1 aliphatic heterocycles. The standard InChI is InChI=1S/C10H17N3O2/c1-13-8-5-3-2-4-7(8)12-10(13)11-6-9(14)15/h7-8H,2-6H2,1H3,(H,11,12)(H,14,15). The number of nitrogens with zero attached hydrogens (tertiary/aromatic N) is 2. The molecule has 0 aromatic heterocycles. The van der Waals surface area contributed by atoms with Gasteiger partial charge in [0.25, 0.3) is 0 Å². The number of aliphatic imine (C=N–C) groups is 1. The lowest BCUT2D eigenvalue weighted by atomic mass is 9.91. The molecule has 0 aromatic carbocycles. The van der Waals surface area contributed by atoms with Crippen LogP contribution in [-0.4, -0.2) is 47.6 Å². The number of carboxylic acid groups (broad SMARTS) is 1. The van der Waals surface area contributed by atoms with Gasteiger partial charge >= 0.3 is 5.97 Å². The fraction of sp³-hybridized carbons (Fsp3) is 0.800. The summed E-state index contributed by atoms with van der Waals surface area (Å²) in [5.74, 6) is -0.137. The van der Waals surface area contributed by atoms with Crippen LogP contribution in [0.4, 0.5) is 0 Å². The van der Waals surface area contributed by atoms with E-state index in [0.29, 0.717) is 12.1 Å². The van der Waals surface area contributed by atoms with Crippen molar-refractivity contribution in [2.24, 2.45) is 4.99 Å². The van der Waals surface area contributed by atoms with Crippen LogP contribution in [0, 0.1) is 0 Å². The Labute approximate surface area is 89.2 Å². The molecule has 1 saturated heterocycles. The molecule has 5 heteroatoms. The molecule has 2 unspecified atom stereocenters. The van der Waals surface area contributed by atoms with Crippen LogP contribution < -0.4 is 5.32 Å². The minimum absolute atomic E-state index is 0.147. The first kappa shape index (κ1) is 10.3. The van der Waals surface area contributed by atoms with E-state index in [4.69, 9.17) is 5.11 Å². The molecule has 0 radical (unpaired) electrons. The molecule has 0 spiro atoms. The Morgan fingerprint density at radius 3 is 3.00 bits per heavy atom. The normalized spacial score (nSPS) is 32.6. The van der Waals surface area contributed by atoms with E-state index in [1.165, 1.54) is 25.7 Å². The lowest BCUT2D eigenvalue weighted by molar-refractivity contribution is -0.135. The van der Waals surface area contributed by atoms with Gasteiger partial charge in [0.15, 0.2) is 5.96 Å². The first-order valence-electron chi connectivity index (χ1n) is 5.44. The zero-order chi connectivity index (χ0) is 10.8. The average Bonchev–Trinajstić information content (AvgIpc) is 2.54. The second kappa shape index (κ2) is 4.08. The van der Waals surface area contributed by atoms with Crippen molar-refractivity contribution in [3.05, 3.63) is 0 Å². The van der Waals surface area contributed by atoms with Crippen molar-refractivity contribution in [3.8, 4) is 0 Å². The number of hydrogen-bond acceptors (Lipinski definition) is 2. The second-order valence-electron chi connectivity index (χ2n) is 4.25. The van der Waals surface area contributed by atoms with Crippen LogP contribution in [0.1, 0.15) is 25.7 Å². The lowest BCUT2D eigenvalue weighted by Gasteiger charge is -2.27. The van der Waals surface area contributed by atoms with E-state index in [2.05, 4.69) is 15.2 Å². The van der Waals surface area contributed by atoms with Crippen molar-refractivity contribution in [2.45, 2.75) is 37.8 Å². The third kappa shape index (κ3) is 2.06. The molecule has 0 aromatic rings. The molecule has 1 heterocycles. The number of fused-ring (bicyclic) bond motifs is 1. The predicted molar refractivity (Wildman–Crippen MR) is 56.9 cm³/mol. The monoisotopic (exact) mass is 211 g/mol. The van der Waals surface area contributed by atoms with Crippen LogP contribution in [0.15, 0.2) is 4.99 Å². The summed E-state index contributed by atoms with van der Waals surface area (Å²) in [5.41, 5.74) is 0. The van der Waals surface area contributed by atoms with Gasteiger partial charge in [0.05, 0.1) is 6.04 Å². The van der Waals surface area contributed by atoms with Gasteiger partial charge in [0.2, 0.25) is 0 Å². The Hall–Kier alpha value is -1.26. The van der Waals surface area contributed by atoms with Gasteiger partial charge in [-0.05, 0) is 12.8 Å². The molecular weight excluding hydrogens is 194 g/mol. The summed E-state index contributed by atoms with van der Waals surface area (Å²) >= 11 is 0. The molecule has 5 nitrogen and oxygen atoms in total. The van der Waals surface area contributed by atoms with Gasteiger partial charge in [-0.15, -0.1) is 0 Å². The first-order valence-corrected chi connectivity index (χ1v) is 5.44. The van der Waals surface area contributed by atoms with E-state index in [9.17, 15) is 4.79 Å². The summed E-state index contributed by atoms with van der Waals surface area (Å²) in [7, 11) is 1.99. The minimum atomic E-state index is -0.882. The van der Waals surface area contributed by atoms with Crippen molar-refractivity contribution >= 4 is 11.9 Å². The van der Waals surface area contributed by atoms with Crippen LogP contribution in [0.5, 0.6) is 0 Å². The average molecular weight is 211 g/mol. The number of guanidine groups is 1. The molecule has 84 valence electrons. The lowest BCUT2D eigenvalue weighted by Crippen LogP contribution is -2.37. The molecule has 2 aliphatic rings. The molecule has 0 amide bonds. The first-order chi connectivity index (χ1) is 7.18. The summed E-state index contributed by atoms with van der Waals surface area (Å²) < 4.78 is 0. The number of rotatable bonds is 2. The molecule has 1 saturated carbocycles. The van der Waals surface area contributed by atoms with Crippen molar-refractivity contribution in [2.75, 3.05) is 13.6 Å². The van der Waals surface area contributed by atoms with E-state index >= 15 is 0 Å². The molecule has 0 bridgehead atoms. The maximum atomic E-state index is 10.4. The molecule has 2 N–H and O–H groups in total. The van der Waals surface area contributed by atoms with Crippen molar-refractivity contribution in [1.29, 1.82) is 0 Å². The van der Waals surface area contributed by atoms with Crippen LogP contribution in [0.3, 0.4) is 0 Å². The SMILES string of the molecule is CN1C(=NCC(=O)O)NC2CCCCC21. The topological polar surface area (TPSA) is 64.9 Å². The number of likely N-dealkylation sites (N-methyl/N-ethyl adjacent to an activating group) is 1. The number of nitrogens with one attached hydrogen (secondary N) is 1. The molecule has 2 atom stereocenters. The minimum Gasteiger partial charge on any atom is -0.480 e. The quantitative estimate of drug-likeness (QED) is 0.688. The van der Waals surface area contributed by atoms with Gasteiger partial charge in [0, 0.05) is 13.1 Å². The Bertz CT molecular complexity index is 290. The van der Waals surface area contributed by atoms with Crippen molar-refractivity contribution in [3.63, 3.8) is 0 Å². The zero-order valence-electron chi connectivity index (χ0n) is 8.94. The summed E-state index contributed by atoms with van der Waals surface area (Å²) in [4.78, 5) is 16.6. The Morgan fingerprint density at radius 1 is 1.60 bits per heavy atom. The maximum Gasteiger partial charge on any atom is 0.325 e. The van der Waals surface area contributed by atoms with Crippen molar-refractivity contribution < 1.29 is 9.90 Å². The van der Waals surface area contributed by atoms with E-state index < -0.39 is 5.97 Å². The fourth-order valence-corrected chi connectivity index (χ4v) is 2.47. The van der Waals surface area contributed by atoms with Crippen molar-refractivity contribution in [1.82, 2.24) is 10.2 Å². The van der Waals surface area contributed by atoms with E-state index in [1.54, 1.807) is 0 Å². The highest BCUT2D eigenvalue weighted by Gasteiger charge is 2.36. The van der Waals surface area contributed by atoms with Crippen LogP contribution in [0.25, 0.3) is 0 Å². The van der Waals surface area contributed by atoms with Crippen LogP contribution in [-0.2, 0) is 4.79 Å². The van der Waals surface area contributed by atoms with Gasteiger partial charge in [-0.1, -0.05) is 12.8 Å². The van der Waals surface area contributed by atoms with Gasteiger partial charge in [-0.2, -0.15) is 0 Å². The zero-order valence-corrected chi connectivity index (χ0v) is 8.94. The summed E-state index contributed by atoms with van der Waals surface area (Å²) in [6.45, 7) is -0.147. The number of hydrogen-bond donors (Lipinski definition) is 2. The van der Waals surface area contributed by atoms with Crippen LogP contribution in [0.2, 0.25) is 0 Å². The molecule has 1 aliphatic carbocycles. The molecular formula is C10H17N3O2. The van der Waals surface area contributed by atoms with Gasteiger partial charge in [-0.3, -0.25) is 4.79 Å². The third-order valence-electron chi connectivity index (χ3n) is 3.24. The summed E-state index contributed by atoms with van der Waals surface area (Å²) in [5, 5.41) is 11.9. The third-order valence-corrected chi connectivity index (χ3v) is 3.24. The Kier molecular flexibility index (Phi) is 2.79. The fourth-order valence-electron chi connectivity index (χ4n) is 2.47. The highest BCUT2D eigenvalue weighted by molar-refractivity contribution is 5.85. The van der Waals surface area contributed by atoms with E-state index in [1.807, 2.05) is 7.05 Å². The number of carbonyl (C=O) groups is 1. The molecule has 2 fully saturated rings. The number of aliphatic carboxylic acids is 1. The summed E-state index contributed by atoms with van der Waals surface area (Å²) in [6.07, 6.45) is 4.87. The molecule has 2 rings (SSSR count). The van der Waals surface area contributed by atoms with Gasteiger partial charge < -0.3 is 15.3 Å². The van der Waals surface area contributed by atoms with E-state index in [0.717, 1.165) is 5.96 Å². The Morgan fingerprint density at radius 2 is 2.33 bits per heavy atom. The molecule has 15 heavy (non-hydrogen) atoms. The highest BCUT2D eigenvalue weighted by atomic mass is 16.4. The highest BCUT2D eigenvalue weighted by Crippen LogP contribution is 2.26. The van der Waals surface area contributed by atoms with Gasteiger partial charge in [-0.25, -0.2) is 4.99 Å². The summed E-state index contributed by atoms with van der Waals surface area (Å²) in [6, 6.07) is 0.975. The number of carboxylic acids is 1. The largest absolute Gasteiger partial charge is 0.480 e. The smallest absolute Gasteiger partial charge is 0.325 e. The maximum absolute atomic E-state index is 10.4. The second-order valence-corrected chi connectivity index (χ2v) is 4.25.